The maximum atomic E-state index is 14.9. The van der Waals surface area contributed by atoms with Crippen molar-refractivity contribution in [3.63, 3.8) is 0 Å². The summed E-state index contributed by atoms with van der Waals surface area (Å²) in [5.41, 5.74) is -2.48. The predicted molar refractivity (Wildman–Crippen MR) is 189 cm³/mol. The maximum Gasteiger partial charge on any atom is 0.310 e. The number of allylic oxidation sites excluding steroid dienone is 1. The molecule has 2 N–H and O–H groups in total. The summed E-state index contributed by atoms with van der Waals surface area (Å²) >= 11 is 0. The number of amides is 2. The molecule has 7 atom stereocenters. The molecule has 5 aliphatic rings. The molecule has 2 saturated heterocycles. The second-order valence-corrected chi connectivity index (χ2v) is 19.1. The lowest BCUT2D eigenvalue weighted by atomic mass is 9.73. The number of fused-ring (bicyclic) bond motifs is 1. The fraction of sp³-hybridized carbons (Fsp3) is 0.825. The molecule has 0 aromatic heterocycles. The molecule has 49 heavy (non-hydrogen) atoms. The Morgan fingerprint density at radius 3 is 2.10 bits per heavy atom. The summed E-state index contributed by atoms with van der Waals surface area (Å²) in [5, 5.41) is 13.3. The van der Waals surface area contributed by atoms with Crippen molar-refractivity contribution in [1.82, 2.24) is 15.1 Å². The van der Waals surface area contributed by atoms with E-state index in [1.807, 2.05) is 41.5 Å². The quantitative estimate of drug-likeness (QED) is 0.246. The summed E-state index contributed by atoms with van der Waals surface area (Å²) in [5.74, 6) is -2.82. The molecule has 2 amide bonds. The van der Waals surface area contributed by atoms with Crippen molar-refractivity contribution < 1.29 is 29.1 Å². The number of hydrogen-bond acceptors (Lipinski definition) is 6. The number of carbonyl (C=O) groups excluding carboxylic acids is 4. The van der Waals surface area contributed by atoms with Crippen LogP contribution in [0.1, 0.15) is 120 Å². The molecule has 5 fully saturated rings. The molecule has 2 spiro atoms. The molecule has 0 radical (unpaired) electrons. The number of ketones is 2. The number of carboxylic acid groups (broad SMARTS) is 1. The van der Waals surface area contributed by atoms with Crippen molar-refractivity contribution in [2.24, 2.45) is 50.2 Å². The molecule has 0 unspecified atom stereocenters. The van der Waals surface area contributed by atoms with Crippen molar-refractivity contribution in [2.75, 3.05) is 26.2 Å². The van der Waals surface area contributed by atoms with Crippen LogP contribution in [0, 0.1) is 50.2 Å². The first-order valence-corrected chi connectivity index (χ1v) is 18.9. The highest BCUT2D eigenvalue weighted by atomic mass is 16.4. The van der Waals surface area contributed by atoms with Crippen molar-refractivity contribution in [3.8, 4) is 0 Å². The van der Waals surface area contributed by atoms with Crippen molar-refractivity contribution in [3.05, 3.63) is 12.7 Å². The highest BCUT2D eigenvalue weighted by molar-refractivity contribution is 5.97. The third kappa shape index (κ3) is 6.12. The molecule has 2 heterocycles. The van der Waals surface area contributed by atoms with Gasteiger partial charge in [0.1, 0.15) is 0 Å². The third-order valence-corrected chi connectivity index (χ3v) is 14.3. The topological polar surface area (TPSA) is 124 Å². The molecule has 3 saturated carbocycles. The largest absolute Gasteiger partial charge is 0.481 e. The van der Waals surface area contributed by atoms with Gasteiger partial charge in [-0.2, -0.15) is 0 Å². The minimum Gasteiger partial charge on any atom is -0.481 e. The summed E-state index contributed by atoms with van der Waals surface area (Å²) in [6.45, 7) is 25.1. The summed E-state index contributed by atoms with van der Waals surface area (Å²) < 4.78 is 0. The molecule has 9 nitrogen and oxygen atoms in total. The fourth-order valence-electron chi connectivity index (χ4n) is 10.6. The van der Waals surface area contributed by atoms with Gasteiger partial charge in [0.25, 0.3) is 0 Å². The molecule has 9 heteroatoms. The average Bonchev–Trinajstić information content (AvgIpc) is 3.72. The van der Waals surface area contributed by atoms with Gasteiger partial charge in [0.15, 0.2) is 11.6 Å². The van der Waals surface area contributed by atoms with E-state index in [9.17, 15) is 29.1 Å². The zero-order chi connectivity index (χ0) is 36.5. The second-order valence-electron chi connectivity index (χ2n) is 19.1. The number of piperidine rings is 1. The number of nitrogens with one attached hydrogen (secondary N) is 1. The molecular formula is C40H63N3O6. The van der Waals surface area contributed by atoms with E-state index in [0.717, 1.165) is 45.2 Å². The monoisotopic (exact) mass is 681 g/mol. The normalized spacial score (nSPS) is 33.0. The lowest BCUT2D eigenvalue weighted by molar-refractivity contribution is -0.149. The highest BCUT2D eigenvalue weighted by Gasteiger charge is 2.85. The minimum absolute atomic E-state index is 0.0410. The van der Waals surface area contributed by atoms with Crippen LogP contribution in [0.25, 0.3) is 0 Å². The van der Waals surface area contributed by atoms with Gasteiger partial charge in [-0.15, -0.1) is 6.58 Å². The van der Waals surface area contributed by atoms with E-state index >= 15 is 0 Å². The van der Waals surface area contributed by atoms with Crippen LogP contribution in [0.4, 0.5) is 0 Å². The number of nitrogens with zero attached hydrogens (tertiary/aromatic N) is 2. The zero-order valence-electron chi connectivity index (χ0n) is 31.7. The second kappa shape index (κ2) is 12.6. The Kier molecular flexibility index (Phi) is 9.69. The number of carbonyl (C=O) groups is 5. The van der Waals surface area contributed by atoms with Crippen molar-refractivity contribution in [2.45, 2.75) is 132 Å². The summed E-state index contributed by atoms with van der Waals surface area (Å²) in [7, 11) is 0. The lowest BCUT2D eigenvalue weighted by Crippen LogP contribution is -2.54. The molecule has 3 aliphatic carbocycles. The number of hydrogen-bond donors (Lipinski definition) is 2. The first-order chi connectivity index (χ1) is 22.6. The van der Waals surface area contributed by atoms with Crippen LogP contribution >= 0.6 is 0 Å². The molecule has 0 aromatic rings. The van der Waals surface area contributed by atoms with Crippen LogP contribution in [0.2, 0.25) is 0 Å². The first kappa shape index (κ1) is 37.7. The molecule has 5 rings (SSSR count). The Bertz CT molecular complexity index is 1380. The van der Waals surface area contributed by atoms with Crippen molar-refractivity contribution in [1.29, 1.82) is 0 Å². The van der Waals surface area contributed by atoms with Gasteiger partial charge in [-0.05, 0) is 79.2 Å². The van der Waals surface area contributed by atoms with Crippen LogP contribution in [0.3, 0.4) is 0 Å². The van der Waals surface area contributed by atoms with E-state index in [4.69, 9.17) is 0 Å². The molecule has 0 aromatic carbocycles. The van der Waals surface area contributed by atoms with Gasteiger partial charge < -0.3 is 20.2 Å². The van der Waals surface area contributed by atoms with Gasteiger partial charge in [-0.25, -0.2) is 0 Å². The van der Waals surface area contributed by atoms with Gasteiger partial charge in [0.2, 0.25) is 11.8 Å². The van der Waals surface area contributed by atoms with E-state index in [-0.39, 0.29) is 64.3 Å². The van der Waals surface area contributed by atoms with Gasteiger partial charge >= 0.3 is 5.97 Å². The van der Waals surface area contributed by atoms with E-state index in [1.54, 1.807) is 11.0 Å². The summed E-state index contributed by atoms with van der Waals surface area (Å²) in [4.78, 5) is 73.5. The fourth-order valence-corrected chi connectivity index (χ4v) is 10.6. The van der Waals surface area contributed by atoms with E-state index in [2.05, 4.69) is 37.6 Å². The average molecular weight is 682 g/mol. The number of rotatable bonds is 12. The summed E-state index contributed by atoms with van der Waals surface area (Å²) in [6, 6.07) is -1.49. The van der Waals surface area contributed by atoms with Crippen LogP contribution < -0.4 is 5.32 Å². The predicted octanol–water partition coefficient (Wildman–Crippen LogP) is 5.90. The van der Waals surface area contributed by atoms with Crippen molar-refractivity contribution >= 4 is 29.4 Å². The molecule has 2 aliphatic heterocycles. The zero-order valence-corrected chi connectivity index (χ0v) is 31.7. The van der Waals surface area contributed by atoms with Crippen LogP contribution in [-0.2, 0) is 24.0 Å². The van der Waals surface area contributed by atoms with E-state index in [1.165, 1.54) is 0 Å². The van der Waals surface area contributed by atoms with Crippen LogP contribution in [-0.4, -0.2) is 82.5 Å². The number of carboxylic acids is 1. The number of aliphatic carboxylic acids is 1. The Morgan fingerprint density at radius 2 is 1.63 bits per heavy atom. The SMILES string of the molecule is C=C[C@@H]1C[C@]1(CC(=O)[C@@H]1C[C@@]2(CN1C(=O)[C@@H](CC(=O)[C@@H](NC(=O)[C@@H]1CCCN(CC)C1)C(C)(C)C)C(C)(C)C)C(C)(C)C21CCC1)C(=O)O. The minimum atomic E-state index is -1.15. The molecule has 0 bridgehead atoms. The lowest BCUT2D eigenvalue weighted by Gasteiger charge is -2.38. The Balaban J connectivity index is 1.41. The molecular weight excluding hydrogens is 618 g/mol. The molecule has 274 valence electrons. The number of Topliss-reactive ketones (excluding diaryl/α,β-unsaturated/α-hetero) is 2. The number of likely N-dealkylation sites (tertiary alicyclic amines) is 2. The van der Waals surface area contributed by atoms with Gasteiger partial charge in [-0.1, -0.05) is 74.8 Å². The van der Waals surface area contributed by atoms with Crippen LogP contribution in [0.5, 0.6) is 0 Å². The standard InChI is InChI=1S/C40H63N3O6/c1-11-26-20-38(26,34(48)49)22-30(45)28-21-40(37(9,10)39(40)16-14-17-39)24-43(28)33(47)27(35(3,4)5)19-29(44)31(36(6,7)8)41-32(46)25-15-13-18-42(12-2)23-25/h11,25-28,31H,1,12-24H2,2-10H3,(H,41,46)(H,48,49)/t25-,26-,27-,28+,31-,38-,40-/m1/s1. The van der Waals surface area contributed by atoms with Crippen LogP contribution in [0.15, 0.2) is 12.7 Å². The Labute approximate surface area is 294 Å². The van der Waals surface area contributed by atoms with Gasteiger partial charge in [0.05, 0.1) is 23.4 Å². The Morgan fingerprint density at radius 1 is 0.980 bits per heavy atom. The highest BCUT2D eigenvalue weighted by Crippen LogP contribution is 2.88. The third-order valence-electron chi connectivity index (χ3n) is 14.3. The van der Waals surface area contributed by atoms with E-state index in [0.29, 0.717) is 25.9 Å². The van der Waals surface area contributed by atoms with E-state index < -0.39 is 40.2 Å². The van der Waals surface area contributed by atoms with Gasteiger partial charge in [0, 0.05) is 37.3 Å². The van der Waals surface area contributed by atoms with Gasteiger partial charge in [-0.3, -0.25) is 24.0 Å². The Hall–Kier alpha value is -2.55. The maximum absolute atomic E-state index is 14.9. The smallest absolute Gasteiger partial charge is 0.310 e. The summed E-state index contributed by atoms with van der Waals surface area (Å²) in [6.07, 6.45) is 7.41. The first-order valence-electron chi connectivity index (χ1n) is 18.9.